The van der Waals surface area contributed by atoms with Gasteiger partial charge < -0.3 is 0 Å². The SMILES string of the molecule is c1ccc(-c2nc(-c3ccccc3)nc(C(c3nc(-c4ccccc4)nc(-c4ccccc4)n3)(c3nc(-c4ccccc4)nc(-c4ccccc4)n3)c3nc(-c4ccccc4)nc(-c4ccccc4)n3)n2)cc1. The van der Waals surface area contributed by atoms with Gasteiger partial charge in [-0.3, -0.25) is 0 Å². The smallest absolute Gasteiger partial charge is 0.209 e. The molecule has 4 aromatic heterocycles. The summed E-state index contributed by atoms with van der Waals surface area (Å²) < 4.78 is 0. The lowest BCUT2D eigenvalue weighted by Gasteiger charge is -2.30. The van der Waals surface area contributed by atoms with E-state index >= 15 is 0 Å². The van der Waals surface area contributed by atoms with Gasteiger partial charge >= 0.3 is 0 Å². The maximum Gasteiger partial charge on any atom is 0.209 e. The Balaban J connectivity index is 1.32. The quantitative estimate of drug-likeness (QED) is 0.114. The summed E-state index contributed by atoms with van der Waals surface area (Å²) in [6, 6.07) is 78.3. The molecule has 0 N–H and O–H groups in total. The molecule has 0 aliphatic carbocycles. The largest absolute Gasteiger partial charge is 0.211 e. The highest BCUT2D eigenvalue weighted by Gasteiger charge is 2.52. The van der Waals surface area contributed by atoms with E-state index < -0.39 is 5.41 Å². The van der Waals surface area contributed by atoms with E-state index in [4.69, 9.17) is 59.8 Å². The van der Waals surface area contributed by atoms with Crippen LogP contribution < -0.4 is 0 Å². The molecule has 0 amide bonds. The van der Waals surface area contributed by atoms with Crippen LogP contribution in [0.2, 0.25) is 0 Å². The van der Waals surface area contributed by atoms with E-state index in [-0.39, 0.29) is 23.3 Å². The molecule has 4 heterocycles. The van der Waals surface area contributed by atoms with Crippen LogP contribution >= 0.6 is 0 Å². The fourth-order valence-electron chi connectivity index (χ4n) is 8.51. The average Bonchev–Trinajstić information content (AvgIpc) is 3.49. The Labute approximate surface area is 420 Å². The van der Waals surface area contributed by atoms with Crippen LogP contribution in [0.4, 0.5) is 0 Å². The Bertz CT molecular complexity index is 3080. The fourth-order valence-corrected chi connectivity index (χ4v) is 8.51. The molecule has 12 nitrogen and oxygen atoms in total. The second-order valence-electron chi connectivity index (χ2n) is 16.9. The number of nitrogens with zero attached hydrogens (tertiary/aromatic N) is 12. The molecule has 344 valence electrons. The summed E-state index contributed by atoms with van der Waals surface area (Å²) in [6.45, 7) is 0. The molecular weight excluding hydrogens is 901 g/mol. The Morgan fingerprint density at radius 1 is 0.151 bits per heavy atom. The van der Waals surface area contributed by atoms with Crippen molar-refractivity contribution < 1.29 is 0 Å². The second kappa shape index (κ2) is 19.7. The van der Waals surface area contributed by atoms with Crippen molar-refractivity contribution in [2.24, 2.45) is 0 Å². The normalized spacial score (nSPS) is 11.3. The van der Waals surface area contributed by atoms with Gasteiger partial charge in [-0.2, -0.15) is 0 Å². The molecule has 0 atom stereocenters. The molecule has 12 heteroatoms. The van der Waals surface area contributed by atoms with Crippen molar-refractivity contribution in [3.63, 3.8) is 0 Å². The van der Waals surface area contributed by atoms with Gasteiger partial charge in [0.2, 0.25) is 5.41 Å². The van der Waals surface area contributed by atoms with Crippen LogP contribution in [0.1, 0.15) is 23.3 Å². The second-order valence-corrected chi connectivity index (χ2v) is 16.9. The van der Waals surface area contributed by atoms with Crippen molar-refractivity contribution in [1.82, 2.24) is 59.8 Å². The molecular formula is C61H40N12. The van der Waals surface area contributed by atoms with Crippen LogP contribution in [0, 0.1) is 0 Å². The van der Waals surface area contributed by atoms with E-state index in [0.29, 0.717) is 46.6 Å². The summed E-state index contributed by atoms with van der Waals surface area (Å²) in [4.78, 5) is 64.9. The summed E-state index contributed by atoms with van der Waals surface area (Å²) >= 11 is 0. The predicted molar refractivity (Wildman–Crippen MR) is 282 cm³/mol. The van der Waals surface area contributed by atoms with Crippen molar-refractivity contribution in [1.29, 1.82) is 0 Å². The molecule has 73 heavy (non-hydrogen) atoms. The molecule has 12 rings (SSSR count). The number of hydrogen-bond acceptors (Lipinski definition) is 12. The third-order valence-corrected chi connectivity index (χ3v) is 12.1. The van der Waals surface area contributed by atoms with E-state index in [2.05, 4.69) is 0 Å². The monoisotopic (exact) mass is 940 g/mol. The minimum Gasteiger partial charge on any atom is -0.211 e. The Morgan fingerprint density at radius 2 is 0.274 bits per heavy atom. The van der Waals surface area contributed by atoms with Crippen molar-refractivity contribution >= 4 is 0 Å². The molecule has 0 saturated carbocycles. The van der Waals surface area contributed by atoms with Crippen LogP contribution in [0.25, 0.3) is 91.1 Å². The first-order chi connectivity index (χ1) is 36.2. The topological polar surface area (TPSA) is 155 Å². The van der Waals surface area contributed by atoms with Gasteiger partial charge in [0.15, 0.2) is 69.9 Å². The number of aromatic nitrogens is 12. The minimum atomic E-state index is -2.02. The highest BCUT2D eigenvalue weighted by atomic mass is 15.2. The number of benzene rings is 8. The van der Waals surface area contributed by atoms with E-state index in [1.54, 1.807) is 0 Å². The summed E-state index contributed by atoms with van der Waals surface area (Å²) in [5.74, 6) is 3.52. The number of rotatable bonds is 12. The molecule has 0 fully saturated rings. The molecule has 0 saturated heterocycles. The van der Waals surface area contributed by atoms with Crippen molar-refractivity contribution in [2.45, 2.75) is 5.41 Å². The van der Waals surface area contributed by atoms with E-state index in [0.717, 1.165) is 44.5 Å². The Kier molecular flexibility index (Phi) is 11.9. The van der Waals surface area contributed by atoms with Crippen molar-refractivity contribution in [3.05, 3.63) is 266 Å². The van der Waals surface area contributed by atoms with Gasteiger partial charge in [-0.1, -0.05) is 243 Å². The lowest BCUT2D eigenvalue weighted by Crippen LogP contribution is -2.40. The van der Waals surface area contributed by atoms with Gasteiger partial charge in [0, 0.05) is 44.5 Å². The van der Waals surface area contributed by atoms with Gasteiger partial charge in [-0.15, -0.1) is 0 Å². The van der Waals surface area contributed by atoms with Gasteiger partial charge in [-0.25, -0.2) is 59.8 Å². The van der Waals surface area contributed by atoms with Gasteiger partial charge in [0.25, 0.3) is 0 Å². The molecule has 0 bridgehead atoms. The summed E-state index contributed by atoms with van der Waals surface area (Å²) in [7, 11) is 0. The molecule has 12 aromatic rings. The number of hydrogen-bond donors (Lipinski definition) is 0. The summed E-state index contributed by atoms with van der Waals surface area (Å²) in [6.07, 6.45) is 0. The zero-order valence-corrected chi connectivity index (χ0v) is 39.0. The van der Waals surface area contributed by atoms with Crippen LogP contribution in [-0.4, -0.2) is 59.8 Å². The molecule has 0 aliphatic rings. The van der Waals surface area contributed by atoms with E-state index in [9.17, 15) is 0 Å². The maximum atomic E-state index is 5.52. The van der Waals surface area contributed by atoms with Gasteiger partial charge in [0.1, 0.15) is 0 Å². The van der Waals surface area contributed by atoms with Crippen LogP contribution in [0.15, 0.2) is 243 Å². The lowest BCUT2D eigenvalue weighted by molar-refractivity contribution is 0.550. The zero-order valence-electron chi connectivity index (χ0n) is 39.0. The third kappa shape index (κ3) is 8.88. The highest BCUT2D eigenvalue weighted by Crippen LogP contribution is 2.43. The first-order valence-electron chi connectivity index (χ1n) is 23.7. The van der Waals surface area contributed by atoms with Crippen molar-refractivity contribution in [2.75, 3.05) is 0 Å². The average molecular weight is 941 g/mol. The minimum absolute atomic E-state index is 0.137. The Morgan fingerprint density at radius 3 is 0.397 bits per heavy atom. The van der Waals surface area contributed by atoms with Crippen LogP contribution in [0.5, 0.6) is 0 Å². The molecule has 0 unspecified atom stereocenters. The summed E-state index contributed by atoms with van der Waals surface area (Å²) in [5.41, 5.74) is 3.87. The maximum absolute atomic E-state index is 5.52. The van der Waals surface area contributed by atoms with Crippen LogP contribution in [0.3, 0.4) is 0 Å². The van der Waals surface area contributed by atoms with Crippen molar-refractivity contribution in [3.8, 4) is 91.1 Å². The molecule has 0 aliphatic heterocycles. The molecule has 8 aromatic carbocycles. The van der Waals surface area contributed by atoms with Gasteiger partial charge in [-0.05, 0) is 0 Å². The predicted octanol–water partition coefficient (Wildman–Crippen LogP) is 12.1. The summed E-state index contributed by atoms with van der Waals surface area (Å²) in [5, 5.41) is 0. The highest BCUT2D eigenvalue weighted by molar-refractivity contribution is 5.69. The van der Waals surface area contributed by atoms with E-state index in [1.165, 1.54) is 0 Å². The first-order valence-corrected chi connectivity index (χ1v) is 23.7. The van der Waals surface area contributed by atoms with Gasteiger partial charge in [0.05, 0.1) is 0 Å². The molecule has 0 spiro atoms. The first kappa shape index (κ1) is 44.0. The van der Waals surface area contributed by atoms with E-state index in [1.807, 2.05) is 243 Å². The Hall–Kier alpha value is -10.2. The standard InChI is InChI=1S/C61H40N12/c1-9-25-41(26-10-1)49-62-50(42-27-11-2-12-28-42)67-57(66-49)61(58-68-51(43-29-13-3-14-30-43)63-52(69-58)44-31-15-4-16-32-44,59-70-53(45-33-17-5-18-34-45)64-54(71-59)46-35-19-6-20-36-46)60-72-55(47-37-21-7-22-38-47)65-56(73-60)48-39-23-8-24-40-48/h1-40H. The molecule has 0 radical (unpaired) electrons. The third-order valence-electron chi connectivity index (χ3n) is 12.1. The van der Waals surface area contributed by atoms with Crippen LogP contribution in [-0.2, 0) is 5.41 Å². The fraction of sp³-hybridized carbons (Fsp3) is 0.0164. The zero-order chi connectivity index (χ0) is 48.8. The lowest BCUT2D eigenvalue weighted by atomic mass is 9.82.